The maximum Gasteiger partial charge on any atom is 0.413 e. The second-order valence-electron chi connectivity index (χ2n) is 9.49. The van der Waals surface area contributed by atoms with Crippen LogP contribution in [0.5, 0.6) is 0 Å². The standard InChI is InChI=1S/C26H28FN5O3/c1-26(2,3)35-25(34)29-24-15-23(17-4-5-18(16-28)22(27)14-17)32(30-24)20-8-6-19(7-9-20)31-12-10-21(33)11-13-31/h4-9,14-15,21,33H,10-13H2,1-3H3,(H,29,30,34). The van der Waals surface area contributed by atoms with Crippen LogP contribution in [0.4, 0.5) is 20.7 Å². The molecular weight excluding hydrogens is 449 g/mol. The number of nitriles is 1. The first-order chi connectivity index (χ1) is 16.6. The number of aliphatic hydroxyl groups is 1. The summed E-state index contributed by atoms with van der Waals surface area (Å²) in [5.41, 5.74) is 2.05. The maximum atomic E-state index is 14.4. The number of carbonyl (C=O) groups excluding carboxylic acids is 1. The summed E-state index contributed by atoms with van der Waals surface area (Å²) in [7, 11) is 0. The van der Waals surface area contributed by atoms with Crippen molar-refractivity contribution in [2.45, 2.75) is 45.3 Å². The summed E-state index contributed by atoms with van der Waals surface area (Å²) in [6, 6.07) is 15.5. The average Bonchev–Trinajstić information content (AvgIpc) is 3.22. The van der Waals surface area contributed by atoms with Gasteiger partial charge in [-0.25, -0.2) is 13.9 Å². The van der Waals surface area contributed by atoms with Crippen LogP contribution in [0.2, 0.25) is 0 Å². The Morgan fingerprint density at radius 3 is 2.40 bits per heavy atom. The molecule has 9 heteroatoms. The van der Waals surface area contributed by atoms with Gasteiger partial charge in [-0.05, 0) is 70.0 Å². The first kappa shape index (κ1) is 24.2. The zero-order valence-corrected chi connectivity index (χ0v) is 20.0. The van der Waals surface area contributed by atoms with Gasteiger partial charge in [0.15, 0.2) is 5.82 Å². The predicted octanol–water partition coefficient (Wildman–Crippen LogP) is 4.86. The molecule has 2 aromatic carbocycles. The minimum atomic E-state index is -0.675. The van der Waals surface area contributed by atoms with Crippen LogP contribution in [0.3, 0.4) is 0 Å². The van der Waals surface area contributed by atoms with Crippen LogP contribution in [-0.4, -0.2) is 45.8 Å². The minimum absolute atomic E-state index is 0.0529. The second kappa shape index (κ2) is 9.76. The molecule has 0 unspecified atom stereocenters. The molecule has 1 aromatic heterocycles. The summed E-state index contributed by atoms with van der Waals surface area (Å²) in [5.74, 6) is -0.393. The highest BCUT2D eigenvalue weighted by Crippen LogP contribution is 2.29. The topological polar surface area (TPSA) is 103 Å². The van der Waals surface area contributed by atoms with Gasteiger partial charge in [0.05, 0.1) is 23.0 Å². The Morgan fingerprint density at radius 2 is 1.80 bits per heavy atom. The van der Waals surface area contributed by atoms with E-state index in [1.165, 1.54) is 12.1 Å². The highest BCUT2D eigenvalue weighted by molar-refractivity contribution is 5.85. The van der Waals surface area contributed by atoms with Crippen molar-refractivity contribution in [3.63, 3.8) is 0 Å². The quantitative estimate of drug-likeness (QED) is 0.556. The van der Waals surface area contributed by atoms with Crippen LogP contribution in [0.15, 0.2) is 48.5 Å². The molecule has 1 aliphatic rings. The Bertz CT molecular complexity index is 1250. The molecule has 2 heterocycles. The fourth-order valence-corrected chi connectivity index (χ4v) is 3.95. The number of hydrogen-bond donors (Lipinski definition) is 2. The molecule has 3 aromatic rings. The Labute approximate surface area is 203 Å². The number of nitrogens with zero attached hydrogens (tertiary/aromatic N) is 4. The largest absolute Gasteiger partial charge is 0.444 e. The van der Waals surface area contributed by atoms with Crippen LogP contribution in [0, 0.1) is 17.1 Å². The SMILES string of the molecule is CC(C)(C)OC(=O)Nc1cc(-c2ccc(C#N)c(F)c2)n(-c2ccc(N3CCC(O)CC3)cc2)n1. The fourth-order valence-electron chi connectivity index (χ4n) is 3.95. The lowest BCUT2D eigenvalue weighted by Gasteiger charge is -2.31. The van der Waals surface area contributed by atoms with E-state index in [-0.39, 0.29) is 17.5 Å². The number of anilines is 2. The molecule has 8 nitrogen and oxygen atoms in total. The van der Waals surface area contributed by atoms with Gasteiger partial charge in [-0.15, -0.1) is 5.10 Å². The molecule has 0 radical (unpaired) electrons. The van der Waals surface area contributed by atoms with E-state index in [1.54, 1.807) is 37.6 Å². The number of aliphatic hydroxyl groups excluding tert-OH is 1. The van der Waals surface area contributed by atoms with Gasteiger partial charge in [-0.1, -0.05) is 6.07 Å². The van der Waals surface area contributed by atoms with Crippen molar-refractivity contribution in [2.24, 2.45) is 0 Å². The summed E-state index contributed by atoms with van der Waals surface area (Å²) in [6.45, 7) is 6.85. The highest BCUT2D eigenvalue weighted by atomic mass is 19.1. The van der Waals surface area contributed by atoms with E-state index < -0.39 is 17.5 Å². The first-order valence-corrected chi connectivity index (χ1v) is 11.5. The number of piperidine rings is 1. The molecule has 2 N–H and O–H groups in total. The highest BCUT2D eigenvalue weighted by Gasteiger charge is 2.20. The third kappa shape index (κ3) is 5.78. The van der Waals surface area contributed by atoms with Crippen molar-refractivity contribution in [3.05, 3.63) is 59.9 Å². The smallest absolute Gasteiger partial charge is 0.413 e. The van der Waals surface area contributed by atoms with Gasteiger partial charge < -0.3 is 14.7 Å². The van der Waals surface area contributed by atoms with E-state index in [4.69, 9.17) is 10.00 Å². The molecule has 1 fully saturated rings. The molecule has 1 aliphatic heterocycles. The number of amides is 1. The van der Waals surface area contributed by atoms with Crippen LogP contribution < -0.4 is 10.2 Å². The van der Waals surface area contributed by atoms with Gasteiger partial charge in [-0.2, -0.15) is 5.26 Å². The van der Waals surface area contributed by atoms with E-state index in [2.05, 4.69) is 15.3 Å². The number of nitrogens with one attached hydrogen (secondary N) is 1. The van der Waals surface area contributed by atoms with Gasteiger partial charge in [0.25, 0.3) is 0 Å². The number of ether oxygens (including phenoxy) is 1. The number of rotatable bonds is 4. The molecule has 0 aliphatic carbocycles. The fraction of sp³-hybridized carbons (Fsp3) is 0.346. The first-order valence-electron chi connectivity index (χ1n) is 11.5. The maximum absolute atomic E-state index is 14.4. The lowest BCUT2D eigenvalue weighted by molar-refractivity contribution is 0.0635. The molecule has 0 bridgehead atoms. The lowest BCUT2D eigenvalue weighted by Crippen LogP contribution is -2.35. The Kier molecular flexibility index (Phi) is 6.76. The van der Waals surface area contributed by atoms with Crippen molar-refractivity contribution in [3.8, 4) is 23.0 Å². The van der Waals surface area contributed by atoms with Gasteiger partial charge in [-0.3, -0.25) is 5.32 Å². The summed E-state index contributed by atoms with van der Waals surface area (Å²) >= 11 is 0. The summed E-state index contributed by atoms with van der Waals surface area (Å²) in [4.78, 5) is 14.5. The second-order valence-corrected chi connectivity index (χ2v) is 9.49. The van der Waals surface area contributed by atoms with Crippen LogP contribution in [0.1, 0.15) is 39.2 Å². The Hall–Kier alpha value is -3.90. The minimum Gasteiger partial charge on any atom is -0.444 e. The molecule has 0 atom stereocenters. The Morgan fingerprint density at radius 1 is 1.14 bits per heavy atom. The molecule has 0 spiro atoms. The molecule has 0 saturated carbocycles. The molecular formula is C26H28FN5O3. The van der Waals surface area contributed by atoms with Gasteiger partial charge >= 0.3 is 6.09 Å². The normalized spacial score (nSPS) is 14.5. The van der Waals surface area contributed by atoms with Crippen LogP contribution in [0.25, 0.3) is 16.9 Å². The van der Waals surface area contributed by atoms with Crippen molar-refractivity contribution in [2.75, 3.05) is 23.3 Å². The molecule has 182 valence electrons. The number of benzene rings is 2. The zero-order chi connectivity index (χ0) is 25.2. The zero-order valence-electron chi connectivity index (χ0n) is 20.0. The number of hydrogen-bond acceptors (Lipinski definition) is 6. The molecule has 4 rings (SSSR count). The van der Waals surface area contributed by atoms with E-state index in [0.717, 1.165) is 31.6 Å². The molecule has 1 saturated heterocycles. The summed E-state index contributed by atoms with van der Waals surface area (Å²) in [5, 5.41) is 26.0. The average molecular weight is 478 g/mol. The van der Waals surface area contributed by atoms with Crippen LogP contribution >= 0.6 is 0 Å². The van der Waals surface area contributed by atoms with Crippen molar-refractivity contribution in [1.82, 2.24) is 9.78 Å². The van der Waals surface area contributed by atoms with E-state index >= 15 is 0 Å². The summed E-state index contributed by atoms with van der Waals surface area (Å²) < 4.78 is 21.3. The monoisotopic (exact) mass is 477 g/mol. The predicted molar refractivity (Wildman–Crippen MR) is 131 cm³/mol. The number of halogens is 1. The third-order valence-electron chi connectivity index (χ3n) is 5.65. The van der Waals surface area contributed by atoms with Gasteiger partial charge in [0.1, 0.15) is 17.5 Å². The number of aromatic nitrogens is 2. The van der Waals surface area contributed by atoms with Gasteiger partial charge in [0.2, 0.25) is 0 Å². The Balaban J connectivity index is 1.68. The number of carbonyl (C=O) groups is 1. The van der Waals surface area contributed by atoms with Gasteiger partial charge in [0, 0.05) is 30.4 Å². The van der Waals surface area contributed by atoms with E-state index in [0.29, 0.717) is 16.9 Å². The van der Waals surface area contributed by atoms with Crippen molar-refractivity contribution < 1.29 is 19.0 Å². The molecule has 35 heavy (non-hydrogen) atoms. The van der Waals surface area contributed by atoms with Crippen molar-refractivity contribution in [1.29, 1.82) is 5.26 Å². The van der Waals surface area contributed by atoms with E-state index in [1.807, 2.05) is 30.3 Å². The summed E-state index contributed by atoms with van der Waals surface area (Å²) in [6.07, 6.45) is 0.563. The van der Waals surface area contributed by atoms with Crippen molar-refractivity contribution >= 4 is 17.6 Å². The van der Waals surface area contributed by atoms with E-state index in [9.17, 15) is 14.3 Å². The lowest BCUT2D eigenvalue weighted by atomic mass is 10.1. The third-order valence-corrected chi connectivity index (χ3v) is 5.65. The molecule has 1 amide bonds. The van der Waals surface area contributed by atoms with Crippen LogP contribution in [-0.2, 0) is 4.74 Å².